The van der Waals surface area contributed by atoms with Crippen molar-refractivity contribution < 1.29 is 17.3 Å². The molecular weight excluding hydrogens is 557 g/mol. The van der Waals surface area contributed by atoms with Crippen molar-refractivity contribution in [2.24, 2.45) is 0 Å². The van der Waals surface area contributed by atoms with Gasteiger partial charge in [-0.15, -0.1) is 0 Å². The van der Waals surface area contributed by atoms with Gasteiger partial charge in [0.1, 0.15) is 5.76 Å². The molecule has 0 fully saturated rings. The van der Waals surface area contributed by atoms with Crippen LogP contribution in [0.25, 0.3) is 10.9 Å². The van der Waals surface area contributed by atoms with Gasteiger partial charge in [-0.25, -0.2) is 17.2 Å². The third-order valence-corrected chi connectivity index (χ3v) is 15.1. The van der Waals surface area contributed by atoms with Crippen molar-refractivity contribution in [3.63, 3.8) is 0 Å². The molecule has 0 atom stereocenters. The highest BCUT2D eigenvalue weighted by Gasteiger charge is 2.45. The lowest BCUT2D eigenvalue weighted by molar-refractivity contribution is 0.231. The fraction of sp³-hybridized carbons (Fsp3) is 0.435. The maximum absolute atomic E-state index is 13.1. The largest absolute Gasteiger partial charge is 0.423 e. The number of nitrogens with zero attached hydrogens (tertiary/aromatic N) is 1. The van der Waals surface area contributed by atoms with E-state index in [1.807, 2.05) is 0 Å². The molecule has 174 valence electrons. The van der Waals surface area contributed by atoms with Gasteiger partial charge in [0.05, 0.1) is 15.1 Å². The second kappa shape index (κ2) is 9.44. The van der Waals surface area contributed by atoms with Gasteiger partial charge in [0.2, 0.25) is 8.32 Å². The summed E-state index contributed by atoms with van der Waals surface area (Å²) in [5.74, 6) is 0.441. The lowest BCUT2D eigenvalue weighted by Gasteiger charge is -2.42. The minimum atomic E-state index is -3.91. The fourth-order valence-corrected chi connectivity index (χ4v) is 12.3. The van der Waals surface area contributed by atoms with Crippen LogP contribution in [-0.4, -0.2) is 20.7 Å². The zero-order valence-corrected chi connectivity index (χ0v) is 23.2. The zero-order chi connectivity index (χ0) is 23.8. The quantitative estimate of drug-likeness (QED) is 0.234. The Morgan fingerprint density at radius 3 is 2.09 bits per heavy atom. The molecule has 0 spiro atoms. The van der Waals surface area contributed by atoms with Crippen molar-refractivity contribution >= 4 is 51.8 Å². The van der Waals surface area contributed by atoms with Gasteiger partial charge in [-0.1, -0.05) is 59.7 Å². The first-order chi connectivity index (χ1) is 14.9. The van der Waals surface area contributed by atoms with Crippen LogP contribution in [0.1, 0.15) is 47.3 Å². The van der Waals surface area contributed by atoms with Crippen molar-refractivity contribution in [2.75, 3.05) is 0 Å². The molecule has 0 aliphatic rings. The van der Waals surface area contributed by atoms with Gasteiger partial charge in [0.15, 0.2) is 5.52 Å². The minimum absolute atomic E-state index is 0.0158. The van der Waals surface area contributed by atoms with E-state index in [1.54, 1.807) is 24.3 Å². The number of hydrogen-bond donors (Lipinski definition) is 0. The van der Waals surface area contributed by atoms with E-state index >= 15 is 0 Å². The lowest BCUT2D eigenvalue weighted by Crippen LogP contribution is -2.47. The maximum atomic E-state index is 13.1. The first-order valence-electron chi connectivity index (χ1n) is 10.7. The minimum Gasteiger partial charge on any atom is -0.423 e. The highest BCUT2D eigenvalue weighted by atomic mass is 127. The third-order valence-electron chi connectivity index (χ3n) is 6.20. The summed E-state index contributed by atoms with van der Waals surface area (Å²) in [4.78, 5) is 13.1. The molecule has 0 radical (unpaired) electrons. The number of aromatic nitrogens is 1. The summed E-state index contributed by atoms with van der Waals surface area (Å²) in [6.07, 6.45) is 1.41. The number of halogens is 1. The SMILES string of the molecule is CC(C)[Si](OCc1oc(=O)c2c(ccn2S(=O)(=O)c2ccccc2)c1I)(C(C)C)C(C)C. The Labute approximate surface area is 204 Å². The Kier molecular flexibility index (Phi) is 7.43. The third kappa shape index (κ3) is 4.24. The standard InChI is InChI=1S/C23H30INO5SSi/c1-15(2)32(16(3)4,17(5)6)29-14-20-21(24)19-12-13-25(22(19)23(26)30-20)31(27,28)18-10-8-7-9-11-18/h7-13,15-17H,14H2,1-6H3. The van der Waals surface area contributed by atoms with Crippen LogP contribution in [-0.2, 0) is 21.1 Å². The van der Waals surface area contributed by atoms with Gasteiger partial charge in [-0.2, -0.15) is 0 Å². The van der Waals surface area contributed by atoms with Crippen molar-refractivity contribution in [1.29, 1.82) is 0 Å². The van der Waals surface area contributed by atoms with Gasteiger partial charge in [0.25, 0.3) is 10.0 Å². The van der Waals surface area contributed by atoms with Crippen molar-refractivity contribution in [3.8, 4) is 0 Å². The molecule has 2 aromatic heterocycles. The van der Waals surface area contributed by atoms with E-state index in [0.29, 0.717) is 31.3 Å². The van der Waals surface area contributed by atoms with E-state index in [1.165, 1.54) is 18.3 Å². The molecule has 0 bridgehead atoms. The predicted molar refractivity (Wildman–Crippen MR) is 138 cm³/mol. The Morgan fingerprint density at radius 1 is 1.00 bits per heavy atom. The number of hydrogen-bond acceptors (Lipinski definition) is 5. The lowest BCUT2D eigenvalue weighted by atomic mass is 10.3. The van der Waals surface area contributed by atoms with E-state index < -0.39 is 24.0 Å². The topological polar surface area (TPSA) is 78.5 Å². The second-order valence-electron chi connectivity index (χ2n) is 8.92. The van der Waals surface area contributed by atoms with Crippen molar-refractivity contribution in [1.82, 2.24) is 3.97 Å². The number of rotatable bonds is 8. The van der Waals surface area contributed by atoms with Gasteiger partial charge in [-0.3, -0.25) is 0 Å². The predicted octanol–water partition coefficient (Wildman–Crippen LogP) is 6.13. The van der Waals surface area contributed by atoms with E-state index in [4.69, 9.17) is 8.84 Å². The Hall–Kier alpha value is -1.43. The van der Waals surface area contributed by atoms with Crippen LogP contribution < -0.4 is 5.63 Å². The van der Waals surface area contributed by atoms with Crippen molar-refractivity contribution in [2.45, 2.75) is 69.7 Å². The summed E-state index contributed by atoms with van der Waals surface area (Å²) >= 11 is 2.11. The molecule has 3 rings (SSSR count). The van der Waals surface area contributed by atoms with Crippen LogP contribution in [0.2, 0.25) is 16.6 Å². The molecule has 0 N–H and O–H groups in total. The van der Waals surface area contributed by atoms with Crippen LogP contribution >= 0.6 is 22.6 Å². The summed E-state index contributed by atoms with van der Waals surface area (Å²) < 4.78 is 40.1. The molecule has 0 aliphatic heterocycles. The van der Waals surface area contributed by atoms with E-state index in [0.717, 1.165) is 3.97 Å². The maximum Gasteiger partial charge on any atom is 0.361 e. The molecule has 0 unspecified atom stereocenters. The van der Waals surface area contributed by atoms with Crippen LogP contribution in [0.4, 0.5) is 0 Å². The fourth-order valence-electron chi connectivity index (χ4n) is 4.84. The number of fused-ring (bicyclic) bond motifs is 1. The molecule has 3 aromatic rings. The van der Waals surface area contributed by atoms with Gasteiger partial charge in [-0.05, 0) is 57.4 Å². The molecule has 0 saturated carbocycles. The van der Waals surface area contributed by atoms with Gasteiger partial charge >= 0.3 is 5.63 Å². The molecule has 6 nitrogen and oxygen atoms in total. The molecule has 2 heterocycles. The number of benzene rings is 1. The second-order valence-corrected chi connectivity index (χ2v) is 17.3. The highest BCUT2D eigenvalue weighted by Crippen LogP contribution is 2.43. The Morgan fingerprint density at radius 2 is 1.56 bits per heavy atom. The summed E-state index contributed by atoms with van der Waals surface area (Å²) in [5, 5.41) is 0.547. The Bertz CT molecular complexity index is 1240. The highest BCUT2D eigenvalue weighted by molar-refractivity contribution is 14.1. The van der Waals surface area contributed by atoms with Crippen LogP contribution in [0.15, 0.2) is 56.7 Å². The summed E-state index contributed by atoms with van der Waals surface area (Å²) in [7, 11) is -6.07. The van der Waals surface area contributed by atoms with E-state index in [-0.39, 0.29) is 17.0 Å². The molecule has 0 saturated heterocycles. The van der Waals surface area contributed by atoms with Gasteiger partial charge < -0.3 is 8.84 Å². The van der Waals surface area contributed by atoms with Gasteiger partial charge in [0, 0.05) is 11.6 Å². The molecule has 32 heavy (non-hydrogen) atoms. The average molecular weight is 588 g/mol. The molecular formula is C23H30INO5SSi. The molecule has 9 heteroatoms. The first kappa shape index (κ1) is 25.2. The summed E-state index contributed by atoms with van der Waals surface area (Å²) in [6, 6.07) is 9.69. The monoisotopic (exact) mass is 587 g/mol. The van der Waals surface area contributed by atoms with Crippen LogP contribution in [0.5, 0.6) is 0 Å². The molecule has 0 amide bonds. The van der Waals surface area contributed by atoms with Crippen LogP contribution in [0.3, 0.4) is 0 Å². The smallest absolute Gasteiger partial charge is 0.361 e. The summed E-state index contributed by atoms with van der Waals surface area (Å²) in [5.41, 5.74) is 0.518. The van der Waals surface area contributed by atoms with Crippen molar-refractivity contribution in [3.05, 3.63) is 62.3 Å². The van der Waals surface area contributed by atoms with E-state index in [9.17, 15) is 13.2 Å². The first-order valence-corrected chi connectivity index (χ1v) is 15.4. The molecule has 0 aliphatic carbocycles. The normalized spacial score (nSPS) is 13.1. The Balaban J connectivity index is 2.07. The summed E-state index contributed by atoms with van der Waals surface area (Å²) in [6.45, 7) is 13.4. The van der Waals surface area contributed by atoms with Crippen LogP contribution in [0, 0.1) is 3.57 Å². The zero-order valence-electron chi connectivity index (χ0n) is 19.3. The average Bonchev–Trinajstić information content (AvgIpc) is 3.19. The molecule has 1 aromatic carbocycles. The van der Waals surface area contributed by atoms with E-state index in [2.05, 4.69) is 64.1 Å².